The number of nitrogens with one attached hydrogen (secondary N) is 1. The summed E-state index contributed by atoms with van der Waals surface area (Å²) in [5.41, 5.74) is 1.07. The lowest BCUT2D eigenvalue weighted by atomic mass is 10.3. The molecular formula is C11H20N4S. The monoisotopic (exact) mass is 240 g/mol. The fraction of sp³-hybridized carbons (Fsp3) is 0.818. The molecule has 90 valence electrons. The van der Waals surface area contributed by atoms with Crippen LogP contribution in [-0.2, 0) is 6.54 Å². The van der Waals surface area contributed by atoms with E-state index in [1.807, 2.05) is 6.92 Å². The van der Waals surface area contributed by atoms with Gasteiger partial charge in [-0.2, -0.15) is 0 Å². The maximum absolute atomic E-state index is 4.00. The van der Waals surface area contributed by atoms with Crippen LogP contribution in [0.4, 0.5) is 0 Å². The first-order valence-electron chi connectivity index (χ1n) is 6.07. The smallest absolute Gasteiger partial charge is 0.0769 e. The SMILES string of the molecule is Cc1nnsc1CNCCCN1CCCC1. The predicted molar refractivity (Wildman–Crippen MR) is 66.6 cm³/mol. The summed E-state index contributed by atoms with van der Waals surface area (Å²) in [6, 6.07) is 0. The molecule has 0 unspecified atom stereocenters. The first-order valence-corrected chi connectivity index (χ1v) is 6.84. The third kappa shape index (κ3) is 3.50. The number of rotatable bonds is 6. The molecule has 1 fully saturated rings. The third-order valence-corrected chi connectivity index (χ3v) is 3.88. The Bertz CT molecular complexity index is 307. The van der Waals surface area contributed by atoms with Gasteiger partial charge in [-0.15, -0.1) is 5.10 Å². The maximum Gasteiger partial charge on any atom is 0.0769 e. The van der Waals surface area contributed by atoms with E-state index in [0.29, 0.717) is 0 Å². The second-order valence-electron chi connectivity index (χ2n) is 4.36. The normalized spacial score (nSPS) is 17.1. The van der Waals surface area contributed by atoms with Crippen LogP contribution in [0.2, 0.25) is 0 Å². The molecule has 0 bridgehead atoms. The minimum Gasteiger partial charge on any atom is -0.312 e. The molecule has 0 saturated carbocycles. The van der Waals surface area contributed by atoms with Crippen molar-refractivity contribution in [2.45, 2.75) is 32.7 Å². The highest BCUT2D eigenvalue weighted by Gasteiger charge is 2.10. The van der Waals surface area contributed by atoms with E-state index in [9.17, 15) is 0 Å². The molecule has 16 heavy (non-hydrogen) atoms. The summed E-state index contributed by atoms with van der Waals surface area (Å²) in [5.74, 6) is 0. The number of aromatic nitrogens is 2. The van der Waals surface area contributed by atoms with E-state index in [2.05, 4.69) is 19.8 Å². The van der Waals surface area contributed by atoms with Crippen molar-refractivity contribution in [3.05, 3.63) is 10.6 Å². The Balaban J connectivity index is 1.53. The molecule has 2 heterocycles. The minimum atomic E-state index is 0.920. The average molecular weight is 240 g/mol. The lowest BCUT2D eigenvalue weighted by Crippen LogP contribution is -2.24. The van der Waals surface area contributed by atoms with Crippen LogP contribution in [0.25, 0.3) is 0 Å². The van der Waals surface area contributed by atoms with Gasteiger partial charge in [0.1, 0.15) is 0 Å². The Labute approximate surface area is 101 Å². The number of hydrogen-bond acceptors (Lipinski definition) is 5. The fourth-order valence-electron chi connectivity index (χ4n) is 2.05. The van der Waals surface area contributed by atoms with Gasteiger partial charge in [0, 0.05) is 6.54 Å². The number of nitrogens with zero attached hydrogens (tertiary/aromatic N) is 3. The van der Waals surface area contributed by atoms with Crippen molar-refractivity contribution >= 4 is 11.5 Å². The van der Waals surface area contributed by atoms with Gasteiger partial charge < -0.3 is 10.2 Å². The van der Waals surface area contributed by atoms with Crippen molar-refractivity contribution in [3.63, 3.8) is 0 Å². The summed E-state index contributed by atoms with van der Waals surface area (Å²) in [6.45, 7) is 7.88. The van der Waals surface area contributed by atoms with E-state index in [1.165, 1.54) is 55.3 Å². The van der Waals surface area contributed by atoms with Gasteiger partial charge in [0.25, 0.3) is 0 Å². The Morgan fingerprint density at radius 1 is 1.38 bits per heavy atom. The van der Waals surface area contributed by atoms with Crippen molar-refractivity contribution in [2.24, 2.45) is 0 Å². The van der Waals surface area contributed by atoms with Crippen LogP contribution in [0.5, 0.6) is 0 Å². The van der Waals surface area contributed by atoms with Gasteiger partial charge in [-0.05, 0) is 63.9 Å². The van der Waals surface area contributed by atoms with Crippen molar-refractivity contribution in [1.82, 2.24) is 19.8 Å². The fourth-order valence-corrected chi connectivity index (χ4v) is 2.65. The number of likely N-dealkylation sites (tertiary alicyclic amines) is 1. The summed E-state index contributed by atoms with van der Waals surface area (Å²) in [5, 5.41) is 7.46. The van der Waals surface area contributed by atoms with Crippen LogP contribution < -0.4 is 5.32 Å². The molecule has 1 aromatic heterocycles. The molecule has 1 aliphatic heterocycles. The molecule has 5 heteroatoms. The quantitative estimate of drug-likeness (QED) is 0.764. The van der Waals surface area contributed by atoms with Gasteiger partial charge in [-0.1, -0.05) is 4.49 Å². The second-order valence-corrected chi connectivity index (χ2v) is 5.20. The largest absolute Gasteiger partial charge is 0.312 e. The van der Waals surface area contributed by atoms with Gasteiger partial charge in [0.05, 0.1) is 10.6 Å². The predicted octanol–water partition coefficient (Wildman–Crippen LogP) is 1.42. The summed E-state index contributed by atoms with van der Waals surface area (Å²) in [4.78, 5) is 3.82. The van der Waals surface area contributed by atoms with E-state index < -0.39 is 0 Å². The Morgan fingerprint density at radius 3 is 2.88 bits per heavy atom. The van der Waals surface area contributed by atoms with Crippen molar-refractivity contribution < 1.29 is 0 Å². The van der Waals surface area contributed by atoms with Crippen LogP contribution in [0.3, 0.4) is 0 Å². The van der Waals surface area contributed by atoms with Gasteiger partial charge in [-0.3, -0.25) is 0 Å². The van der Waals surface area contributed by atoms with Crippen molar-refractivity contribution in [2.75, 3.05) is 26.2 Å². The molecule has 1 saturated heterocycles. The lowest BCUT2D eigenvalue weighted by molar-refractivity contribution is 0.331. The lowest BCUT2D eigenvalue weighted by Gasteiger charge is -2.14. The Hall–Kier alpha value is -0.520. The van der Waals surface area contributed by atoms with E-state index in [-0.39, 0.29) is 0 Å². The van der Waals surface area contributed by atoms with Crippen LogP contribution in [-0.4, -0.2) is 40.7 Å². The summed E-state index contributed by atoms with van der Waals surface area (Å²) >= 11 is 1.50. The highest BCUT2D eigenvalue weighted by atomic mass is 32.1. The van der Waals surface area contributed by atoms with Crippen molar-refractivity contribution in [1.29, 1.82) is 0 Å². The zero-order valence-electron chi connectivity index (χ0n) is 9.91. The average Bonchev–Trinajstić information content (AvgIpc) is 2.90. The number of aryl methyl sites for hydroxylation is 1. The summed E-state index contributed by atoms with van der Waals surface area (Å²) in [7, 11) is 0. The van der Waals surface area contributed by atoms with E-state index in [1.54, 1.807) is 0 Å². The van der Waals surface area contributed by atoms with Gasteiger partial charge in [-0.25, -0.2) is 0 Å². The van der Waals surface area contributed by atoms with E-state index in [4.69, 9.17) is 0 Å². The van der Waals surface area contributed by atoms with Crippen LogP contribution in [0, 0.1) is 6.92 Å². The molecule has 1 aromatic rings. The van der Waals surface area contributed by atoms with Gasteiger partial charge >= 0.3 is 0 Å². The minimum absolute atomic E-state index is 0.920. The molecule has 2 rings (SSSR count). The van der Waals surface area contributed by atoms with Crippen LogP contribution in [0.15, 0.2) is 0 Å². The van der Waals surface area contributed by atoms with Gasteiger partial charge in [0.15, 0.2) is 0 Å². The number of hydrogen-bond donors (Lipinski definition) is 1. The van der Waals surface area contributed by atoms with Gasteiger partial charge in [0.2, 0.25) is 0 Å². The molecular weight excluding hydrogens is 220 g/mol. The molecule has 0 aromatic carbocycles. The highest BCUT2D eigenvalue weighted by molar-refractivity contribution is 7.05. The Kier molecular flexibility index (Phi) is 4.69. The molecule has 4 nitrogen and oxygen atoms in total. The molecule has 1 N–H and O–H groups in total. The first kappa shape index (κ1) is 12.0. The van der Waals surface area contributed by atoms with Crippen LogP contribution in [0.1, 0.15) is 29.8 Å². The summed E-state index contributed by atoms with van der Waals surface area (Å²) < 4.78 is 3.93. The van der Waals surface area contributed by atoms with Crippen molar-refractivity contribution in [3.8, 4) is 0 Å². The topological polar surface area (TPSA) is 41.1 Å². The molecule has 1 aliphatic rings. The third-order valence-electron chi connectivity index (χ3n) is 3.06. The molecule has 0 atom stereocenters. The summed E-state index contributed by atoms with van der Waals surface area (Å²) in [6.07, 6.45) is 4.02. The zero-order valence-corrected chi connectivity index (χ0v) is 10.7. The van der Waals surface area contributed by atoms with E-state index in [0.717, 1.165) is 18.8 Å². The first-order chi connectivity index (χ1) is 7.86. The molecule has 0 radical (unpaired) electrons. The molecule has 0 aliphatic carbocycles. The highest BCUT2D eigenvalue weighted by Crippen LogP contribution is 2.09. The Morgan fingerprint density at radius 2 is 2.19 bits per heavy atom. The zero-order chi connectivity index (χ0) is 11.2. The van der Waals surface area contributed by atoms with Crippen LogP contribution >= 0.6 is 11.5 Å². The maximum atomic E-state index is 4.00. The molecule has 0 spiro atoms. The van der Waals surface area contributed by atoms with E-state index >= 15 is 0 Å². The second kappa shape index (κ2) is 6.27. The standard InChI is InChI=1S/C11H20N4S/c1-10-11(16-14-13-10)9-12-5-4-8-15-6-2-3-7-15/h12H,2-9H2,1H3. The molecule has 0 amide bonds.